The average Bonchev–Trinajstić information content (AvgIpc) is 2.38. The third kappa shape index (κ3) is 1.56. The number of rotatable bonds is 1. The Balaban J connectivity index is 2.45. The second-order valence-corrected chi connectivity index (χ2v) is 2.93. The number of fused-ring (bicyclic) bond motifs is 1. The smallest absolute Gasteiger partial charge is 0.164 e. The average molecular weight is 171 g/mol. The van der Waals surface area contributed by atoms with Gasteiger partial charge in [-0.15, -0.1) is 0 Å². The molecule has 0 saturated heterocycles. The van der Waals surface area contributed by atoms with Gasteiger partial charge in [0, 0.05) is 12.6 Å². The summed E-state index contributed by atoms with van der Waals surface area (Å²) in [5, 5.41) is 0. The molecule has 13 heavy (non-hydrogen) atoms. The normalized spacial score (nSPS) is 14.3. The summed E-state index contributed by atoms with van der Waals surface area (Å²) in [6.45, 7) is 0. The van der Waals surface area contributed by atoms with Gasteiger partial charge in [-0.25, -0.2) is 0 Å². The number of hydrogen-bond acceptors (Lipinski definition) is 2. The SMILES string of the molecule is O=CC1=NC=Cc2ccccc2C1. The molecule has 0 amide bonds. The van der Waals surface area contributed by atoms with Gasteiger partial charge in [0.2, 0.25) is 0 Å². The van der Waals surface area contributed by atoms with Crippen molar-refractivity contribution < 1.29 is 4.79 Å². The van der Waals surface area contributed by atoms with E-state index in [1.54, 1.807) is 6.20 Å². The van der Waals surface area contributed by atoms with E-state index in [-0.39, 0.29) is 0 Å². The molecule has 0 bridgehead atoms. The summed E-state index contributed by atoms with van der Waals surface area (Å²) in [6, 6.07) is 7.99. The van der Waals surface area contributed by atoms with E-state index in [2.05, 4.69) is 4.99 Å². The molecule has 1 heterocycles. The molecule has 0 unspecified atom stereocenters. The molecule has 64 valence electrons. The van der Waals surface area contributed by atoms with Crippen LogP contribution in [0.25, 0.3) is 6.08 Å². The van der Waals surface area contributed by atoms with Crippen LogP contribution >= 0.6 is 0 Å². The molecule has 2 heteroatoms. The molecule has 1 aliphatic rings. The summed E-state index contributed by atoms with van der Waals surface area (Å²) < 4.78 is 0. The standard InChI is InChI=1S/C11H9NO/c13-8-11-7-10-4-2-1-3-9(10)5-6-12-11/h1-6,8H,7H2. The van der Waals surface area contributed by atoms with Gasteiger partial charge in [0.05, 0.1) is 5.71 Å². The van der Waals surface area contributed by atoms with Crippen LogP contribution in [-0.2, 0) is 11.2 Å². The quantitative estimate of drug-likeness (QED) is 0.593. The van der Waals surface area contributed by atoms with E-state index in [0.29, 0.717) is 12.1 Å². The van der Waals surface area contributed by atoms with Crippen molar-refractivity contribution in [2.75, 3.05) is 0 Å². The van der Waals surface area contributed by atoms with E-state index in [1.165, 1.54) is 0 Å². The maximum absolute atomic E-state index is 10.6. The number of benzene rings is 1. The van der Waals surface area contributed by atoms with Gasteiger partial charge in [0.25, 0.3) is 0 Å². The highest BCUT2D eigenvalue weighted by Gasteiger charge is 2.05. The molecule has 0 saturated carbocycles. The number of carbonyl (C=O) groups excluding carboxylic acids is 1. The largest absolute Gasteiger partial charge is 0.297 e. The minimum Gasteiger partial charge on any atom is -0.297 e. The zero-order valence-corrected chi connectivity index (χ0v) is 7.10. The minimum atomic E-state index is 0.584. The third-order valence-corrected chi connectivity index (χ3v) is 2.06. The number of hydrogen-bond donors (Lipinski definition) is 0. The molecule has 0 N–H and O–H groups in total. The van der Waals surface area contributed by atoms with Crippen LogP contribution in [0.2, 0.25) is 0 Å². The Bertz CT molecular complexity index is 391. The van der Waals surface area contributed by atoms with Crippen molar-refractivity contribution in [2.24, 2.45) is 4.99 Å². The Kier molecular flexibility index (Phi) is 2.04. The second-order valence-electron chi connectivity index (χ2n) is 2.93. The van der Waals surface area contributed by atoms with Crippen molar-refractivity contribution in [3.05, 3.63) is 41.6 Å². The highest BCUT2D eigenvalue weighted by Crippen LogP contribution is 2.14. The lowest BCUT2D eigenvalue weighted by atomic mass is 10.0. The third-order valence-electron chi connectivity index (χ3n) is 2.06. The van der Waals surface area contributed by atoms with Gasteiger partial charge >= 0.3 is 0 Å². The fourth-order valence-corrected chi connectivity index (χ4v) is 1.38. The van der Waals surface area contributed by atoms with Gasteiger partial charge in [-0.2, -0.15) is 0 Å². The van der Waals surface area contributed by atoms with E-state index < -0.39 is 0 Å². The second kappa shape index (κ2) is 3.35. The predicted molar refractivity (Wildman–Crippen MR) is 52.7 cm³/mol. The fourth-order valence-electron chi connectivity index (χ4n) is 1.38. The number of carbonyl (C=O) groups is 1. The summed E-state index contributed by atoms with van der Waals surface area (Å²) in [5.41, 5.74) is 2.88. The van der Waals surface area contributed by atoms with Crippen LogP contribution in [0.3, 0.4) is 0 Å². The first-order chi connectivity index (χ1) is 6.40. The van der Waals surface area contributed by atoms with Crippen molar-refractivity contribution in [3.8, 4) is 0 Å². The summed E-state index contributed by atoms with van der Waals surface area (Å²) >= 11 is 0. The van der Waals surface area contributed by atoms with Crippen molar-refractivity contribution in [1.82, 2.24) is 0 Å². The molecule has 0 fully saturated rings. The molecule has 1 aromatic rings. The van der Waals surface area contributed by atoms with E-state index in [9.17, 15) is 4.79 Å². The molecule has 2 rings (SSSR count). The van der Waals surface area contributed by atoms with Crippen molar-refractivity contribution in [3.63, 3.8) is 0 Å². The molecule has 0 radical (unpaired) electrons. The van der Waals surface area contributed by atoms with E-state index in [1.807, 2.05) is 30.3 Å². The van der Waals surface area contributed by atoms with Gasteiger partial charge in [0.1, 0.15) is 0 Å². The first-order valence-electron chi connectivity index (χ1n) is 4.16. The number of nitrogens with zero attached hydrogens (tertiary/aromatic N) is 1. The van der Waals surface area contributed by atoms with Gasteiger partial charge in [-0.1, -0.05) is 24.3 Å². The monoisotopic (exact) mass is 171 g/mol. The molecule has 0 aromatic heterocycles. The Labute approximate surface area is 76.6 Å². The Morgan fingerprint density at radius 2 is 2.15 bits per heavy atom. The summed E-state index contributed by atoms with van der Waals surface area (Å²) in [6.07, 6.45) is 5.04. The highest BCUT2D eigenvalue weighted by molar-refractivity contribution is 6.29. The van der Waals surface area contributed by atoms with Crippen molar-refractivity contribution in [1.29, 1.82) is 0 Å². The lowest BCUT2D eigenvalue weighted by molar-refractivity contribution is -0.102. The predicted octanol–water partition coefficient (Wildman–Crippen LogP) is 1.85. The molecular weight excluding hydrogens is 162 g/mol. The van der Waals surface area contributed by atoms with Crippen molar-refractivity contribution in [2.45, 2.75) is 6.42 Å². The first-order valence-corrected chi connectivity index (χ1v) is 4.16. The van der Waals surface area contributed by atoms with Crippen molar-refractivity contribution >= 4 is 18.1 Å². The molecule has 1 aromatic carbocycles. The molecular formula is C11H9NO. The zero-order chi connectivity index (χ0) is 9.10. The van der Waals surface area contributed by atoms with Crippen LogP contribution in [0.1, 0.15) is 11.1 Å². The van der Waals surface area contributed by atoms with Gasteiger partial charge in [-0.05, 0) is 17.2 Å². The van der Waals surface area contributed by atoms with Gasteiger partial charge < -0.3 is 0 Å². The summed E-state index contributed by atoms with van der Waals surface area (Å²) in [7, 11) is 0. The maximum Gasteiger partial charge on any atom is 0.164 e. The molecule has 0 atom stereocenters. The molecule has 0 spiro atoms. The van der Waals surface area contributed by atoms with E-state index >= 15 is 0 Å². The van der Waals surface area contributed by atoms with Crippen LogP contribution < -0.4 is 0 Å². The molecule has 2 nitrogen and oxygen atoms in total. The fraction of sp³-hybridized carbons (Fsp3) is 0.0909. The maximum atomic E-state index is 10.6. The molecule has 0 aliphatic carbocycles. The highest BCUT2D eigenvalue weighted by atomic mass is 16.1. The zero-order valence-electron chi connectivity index (χ0n) is 7.10. The number of aliphatic imine (C=N–C) groups is 1. The Morgan fingerprint density at radius 1 is 1.31 bits per heavy atom. The van der Waals surface area contributed by atoms with E-state index in [4.69, 9.17) is 0 Å². The van der Waals surface area contributed by atoms with Crippen LogP contribution in [-0.4, -0.2) is 12.0 Å². The lowest BCUT2D eigenvalue weighted by Crippen LogP contribution is -2.03. The summed E-state index contributed by atoms with van der Waals surface area (Å²) in [4.78, 5) is 14.6. The minimum absolute atomic E-state index is 0.584. The Hall–Kier alpha value is -1.70. The van der Waals surface area contributed by atoms with Crippen LogP contribution in [0, 0.1) is 0 Å². The topological polar surface area (TPSA) is 29.4 Å². The lowest BCUT2D eigenvalue weighted by Gasteiger charge is -2.01. The van der Waals surface area contributed by atoms with Crippen LogP contribution in [0.4, 0.5) is 0 Å². The van der Waals surface area contributed by atoms with Gasteiger partial charge in [0.15, 0.2) is 6.29 Å². The Morgan fingerprint density at radius 3 is 3.00 bits per heavy atom. The molecule has 1 aliphatic heterocycles. The van der Waals surface area contributed by atoms with Crippen LogP contribution in [0.15, 0.2) is 35.5 Å². The number of aldehydes is 1. The van der Waals surface area contributed by atoms with E-state index in [0.717, 1.165) is 17.4 Å². The van der Waals surface area contributed by atoms with Crippen LogP contribution in [0.5, 0.6) is 0 Å². The van der Waals surface area contributed by atoms with Gasteiger partial charge in [-0.3, -0.25) is 9.79 Å². The first kappa shape index (κ1) is 7.92. The summed E-state index contributed by atoms with van der Waals surface area (Å²) in [5.74, 6) is 0.